The Hall–Kier alpha value is -0.400. The molecule has 1 aromatic carbocycles. The summed E-state index contributed by atoms with van der Waals surface area (Å²) in [4.78, 5) is 14.1. The van der Waals surface area contributed by atoms with E-state index in [4.69, 9.17) is 5.73 Å². The molecule has 1 aromatic rings. The number of nitrogens with zero attached hydrogens (tertiary/aromatic N) is 1. The van der Waals surface area contributed by atoms with E-state index in [2.05, 4.69) is 6.92 Å². The van der Waals surface area contributed by atoms with Gasteiger partial charge in [0.25, 0.3) is 5.91 Å². The highest BCUT2D eigenvalue weighted by molar-refractivity contribution is 14.1. The summed E-state index contributed by atoms with van der Waals surface area (Å²) >= 11 is 1.99. The van der Waals surface area contributed by atoms with Gasteiger partial charge >= 0.3 is 0 Å². The first-order chi connectivity index (χ1) is 8.45. The number of hydrogen-bond donors (Lipinski definition) is 1. The molecule has 1 aliphatic heterocycles. The van der Waals surface area contributed by atoms with Crippen LogP contribution in [0.3, 0.4) is 0 Å². The minimum atomic E-state index is -0.316. The Morgan fingerprint density at radius 1 is 1.58 bits per heavy atom. The maximum Gasteiger partial charge on any atom is 0.254 e. The second-order valence-corrected chi connectivity index (χ2v) is 6.28. The molecule has 0 radical (unpaired) electrons. The van der Waals surface area contributed by atoms with Crippen molar-refractivity contribution in [1.82, 2.24) is 4.90 Å². The number of likely N-dealkylation sites (tertiary alicyclic amines) is 1. The van der Waals surface area contributed by atoms with Crippen LogP contribution in [0.5, 0.6) is 0 Å². The molecular weight excluding hydrogens is 382 g/mol. The van der Waals surface area contributed by atoms with E-state index in [0.29, 0.717) is 22.2 Å². The normalized spacial score (nSPS) is 22.2. The van der Waals surface area contributed by atoms with Crippen molar-refractivity contribution in [2.75, 3.05) is 19.6 Å². The molecule has 1 atom stereocenters. The predicted molar refractivity (Wildman–Crippen MR) is 84.0 cm³/mol. The van der Waals surface area contributed by atoms with E-state index in [1.807, 2.05) is 27.5 Å². The molecule has 0 bridgehead atoms. The lowest BCUT2D eigenvalue weighted by atomic mass is 9.90. The van der Waals surface area contributed by atoms with Crippen molar-refractivity contribution in [2.24, 2.45) is 11.1 Å². The molecule has 1 aliphatic rings. The standard InChI is InChI=1S/C13H16FIN2O.ClH/c1-13(7-16)4-5-17(8-13)12(18)10-3-2-9(14)6-11(10)15;/h2-3,6H,4-5,7-8,16H2,1H3;1H. The zero-order valence-electron chi connectivity index (χ0n) is 10.7. The van der Waals surface area contributed by atoms with Gasteiger partial charge in [0, 0.05) is 16.7 Å². The van der Waals surface area contributed by atoms with Crippen LogP contribution in [0.15, 0.2) is 18.2 Å². The summed E-state index contributed by atoms with van der Waals surface area (Å²) in [6.07, 6.45) is 0.924. The molecule has 1 unspecified atom stereocenters. The molecule has 1 heterocycles. The van der Waals surface area contributed by atoms with Crippen LogP contribution in [-0.2, 0) is 0 Å². The van der Waals surface area contributed by atoms with Crippen LogP contribution < -0.4 is 5.73 Å². The molecule has 0 aromatic heterocycles. The van der Waals surface area contributed by atoms with Crippen LogP contribution in [0.2, 0.25) is 0 Å². The Bertz CT molecular complexity index is 486. The number of carbonyl (C=O) groups excluding carboxylic acids is 1. The van der Waals surface area contributed by atoms with E-state index >= 15 is 0 Å². The van der Waals surface area contributed by atoms with Gasteiger partial charge in [0.05, 0.1) is 5.56 Å². The molecule has 6 heteroatoms. The Morgan fingerprint density at radius 3 is 2.79 bits per heavy atom. The number of nitrogens with two attached hydrogens (primary N) is 1. The molecule has 19 heavy (non-hydrogen) atoms. The Kier molecular flexibility index (Phi) is 5.58. The number of benzene rings is 1. The van der Waals surface area contributed by atoms with Crippen molar-refractivity contribution in [1.29, 1.82) is 0 Å². The Balaban J connectivity index is 0.00000180. The average molecular weight is 399 g/mol. The van der Waals surface area contributed by atoms with Crippen molar-refractivity contribution in [3.8, 4) is 0 Å². The Morgan fingerprint density at radius 2 is 2.26 bits per heavy atom. The van der Waals surface area contributed by atoms with E-state index in [1.54, 1.807) is 6.07 Å². The predicted octanol–water partition coefficient (Wildman–Crippen LogP) is 2.66. The number of rotatable bonds is 2. The smallest absolute Gasteiger partial charge is 0.254 e. The first-order valence-corrected chi connectivity index (χ1v) is 6.97. The highest BCUT2D eigenvalue weighted by atomic mass is 127. The molecular formula is C13H17ClFIN2O. The second kappa shape index (κ2) is 6.37. The molecule has 2 rings (SSSR count). The van der Waals surface area contributed by atoms with Crippen molar-refractivity contribution < 1.29 is 9.18 Å². The first kappa shape index (κ1) is 16.7. The summed E-state index contributed by atoms with van der Waals surface area (Å²) < 4.78 is 13.7. The van der Waals surface area contributed by atoms with Crippen LogP contribution in [0.1, 0.15) is 23.7 Å². The van der Waals surface area contributed by atoms with Crippen LogP contribution in [0.4, 0.5) is 4.39 Å². The summed E-state index contributed by atoms with van der Waals surface area (Å²) in [6, 6.07) is 4.26. The topological polar surface area (TPSA) is 46.3 Å². The number of halogens is 3. The van der Waals surface area contributed by atoms with E-state index < -0.39 is 0 Å². The molecule has 1 fully saturated rings. The highest BCUT2D eigenvalue weighted by Gasteiger charge is 2.35. The van der Waals surface area contributed by atoms with Crippen LogP contribution in [0, 0.1) is 14.8 Å². The fourth-order valence-corrected chi connectivity index (χ4v) is 2.90. The van der Waals surface area contributed by atoms with Crippen molar-refractivity contribution >= 4 is 40.9 Å². The zero-order chi connectivity index (χ0) is 13.3. The van der Waals surface area contributed by atoms with E-state index in [-0.39, 0.29) is 29.5 Å². The van der Waals surface area contributed by atoms with Crippen molar-refractivity contribution in [2.45, 2.75) is 13.3 Å². The van der Waals surface area contributed by atoms with Gasteiger partial charge in [-0.2, -0.15) is 0 Å². The fourth-order valence-electron chi connectivity index (χ4n) is 2.20. The van der Waals surface area contributed by atoms with Gasteiger partial charge in [-0.1, -0.05) is 6.92 Å². The monoisotopic (exact) mass is 398 g/mol. The number of hydrogen-bond acceptors (Lipinski definition) is 2. The van der Waals surface area contributed by atoms with Crippen molar-refractivity contribution in [3.63, 3.8) is 0 Å². The molecule has 106 valence electrons. The van der Waals surface area contributed by atoms with E-state index in [1.165, 1.54) is 12.1 Å². The number of carbonyl (C=O) groups is 1. The van der Waals surface area contributed by atoms with Gasteiger partial charge in [-0.25, -0.2) is 4.39 Å². The van der Waals surface area contributed by atoms with Gasteiger partial charge < -0.3 is 10.6 Å². The third kappa shape index (κ3) is 3.58. The quantitative estimate of drug-likeness (QED) is 0.779. The molecule has 1 saturated heterocycles. The van der Waals surface area contributed by atoms with E-state index in [9.17, 15) is 9.18 Å². The van der Waals surface area contributed by atoms with Crippen LogP contribution in [0.25, 0.3) is 0 Å². The van der Waals surface area contributed by atoms with Crippen LogP contribution in [-0.4, -0.2) is 30.4 Å². The maximum atomic E-state index is 13.0. The molecule has 1 amide bonds. The number of amides is 1. The van der Waals surface area contributed by atoms with Gasteiger partial charge in [0.1, 0.15) is 5.82 Å². The SMILES string of the molecule is CC1(CN)CCN(C(=O)c2ccc(F)cc2I)C1.Cl. The van der Waals surface area contributed by atoms with Gasteiger partial charge in [-0.15, -0.1) is 12.4 Å². The second-order valence-electron chi connectivity index (χ2n) is 5.12. The molecule has 0 spiro atoms. The molecule has 0 aliphatic carbocycles. The minimum absolute atomic E-state index is 0. The van der Waals surface area contributed by atoms with Gasteiger partial charge in [-0.05, 0) is 59.2 Å². The van der Waals surface area contributed by atoms with Gasteiger partial charge in [-0.3, -0.25) is 4.79 Å². The lowest BCUT2D eigenvalue weighted by molar-refractivity contribution is 0.0776. The zero-order valence-corrected chi connectivity index (χ0v) is 13.6. The molecule has 3 nitrogen and oxygen atoms in total. The maximum absolute atomic E-state index is 13.0. The lowest BCUT2D eigenvalue weighted by Gasteiger charge is -2.22. The third-order valence-corrected chi connectivity index (χ3v) is 4.39. The summed E-state index contributed by atoms with van der Waals surface area (Å²) in [6.45, 7) is 4.07. The summed E-state index contributed by atoms with van der Waals surface area (Å²) in [7, 11) is 0. The largest absolute Gasteiger partial charge is 0.338 e. The first-order valence-electron chi connectivity index (χ1n) is 5.90. The minimum Gasteiger partial charge on any atom is -0.338 e. The van der Waals surface area contributed by atoms with Gasteiger partial charge in [0.2, 0.25) is 0 Å². The molecule has 2 N–H and O–H groups in total. The van der Waals surface area contributed by atoms with Crippen molar-refractivity contribution in [3.05, 3.63) is 33.1 Å². The third-order valence-electron chi connectivity index (χ3n) is 3.50. The lowest BCUT2D eigenvalue weighted by Crippen LogP contribution is -2.34. The molecule has 0 saturated carbocycles. The van der Waals surface area contributed by atoms with E-state index in [0.717, 1.165) is 13.0 Å². The summed E-state index contributed by atoms with van der Waals surface area (Å²) in [5.74, 6) is -0.347. The van der Waals surface area contributed by atoms with Gasteiger partial charge in [0.15, 0.2) is 0 Å². The highest BCUT2D eigenvalue weighted by Crippen LogP contribution is 2.30. The van der Waals surface area contributed by atoms with Crippen LogP contribution >= 0.6 is 35.0 Å². The summed E-state index contributed by atoms with van der Waals surface area (Å²) in [5.41, 5.74) is 6.31. The summed E-state index contributed by atoms with van der Waals surface area (Å²) in [5, 5.41) is 0. The average Bonchev–Trinajstić information content (AvgIpc) is 2.72. The Labute approximate surface area is 132 Å². The fraction of sp³-hybridized carbons (Fsp3) is 0.462.